The van der Waals surface area contributed by atoms with Crippen molar-refractivity contribution < 1.29 is 15.3 Å². The van der Waals surface area contributed by atoms with Crippen molar-refractivity contribution in [3.05, 3.63) is 0 Å². The van der Waals surface area contributed by atoms with Gasteiger partial charge in [0.2, 0.25) is 5.78 Å². The van der Waals surface area contributed by atoms with Crippen molar-refractivity contribution in [2.45, 2.75) is 38.8 Å². The van der Waals surface area contributed by atoms with Crippen LogP contribution in [-0.2, 0) is 9.53 Å². The number of hydrogen-bond acceptors (Lipinski definition) is 2. The van der Waals surface area contributed by atoms with Gasteiger partial charge in [-0.2, -0.15) is 0 Å². The minimum absolute atomic E-state index is 0.0995. The molecule has 0 spiro atoms. The number of carbonyl (C=O) groups is 1. The molecule has 12 heavy (non-hydrogen) atoms. The standard InChI is InChI=1S/C9H17NO2/c1-6(2)4-7(10)8(11)9(3)5-12-9/h6-7H,4-5,10H2,1-3H3/p+1/t7-,9+/m0/s1. The smallest absolute Gasteiger partial charge is 0.223 e. The van der Waals surface area contributed by atoms with Crippen LogP contribution in [0.5, 0.6) is 0 Å². The monoisotopic (exact) mass is 172 g/mol. The predicted octanol–water partition coefficient (Wildman–Crippen LogP) is 0.00100. The lowest BCUT2D eigenvalue weighted by Gasteiger charge is -2.11. The summed E-state index contributed by atoms with van der Waals surface area (Å²) in [7, 11) is 0. The zero-order chi connectivity index (χ0) is 9.35. The molecular weight excluding hydrogens is 154 g/mol. The summed E-state index contributed by atoms with van der Waals surface area (Å²) in [5.74, 6) is 0.690. The van der Waals surface area contributed by atoms with Crippen LogP contribution in [0, 0.1) is 5.92 Å². The van der Waals surface area contributed by atoms with Crippen molar-refractivity contribution in [3.63, 3.8) is 0 Å². The van der Waals surface area contributed by atoms with Gasteiger partial charge >= 0.3 is 0 Å². The summed E-state index contributed by atoms with van der Waals surface area (Å²) in [6, 6.07) is -0.0995. The van der Waals surface area contributed by atoms with Crippen LogP contribution < -0.4 is 5.73 Å². The molecule has 0 amide bonds. The van der Waals surface area contributed by atoms with Crippen molar-refractivity contribution in [1.29, 1.82) is 0 Å². The van der Waals surface area contributed by atoms with Gasteiger partial charge in [0.05, 0.1) is 6.61 Å². The molecule has 1 aliphatic rings. The minimum Gasteiger partial charge on any atom is -0.361 e. The molecule has 0 aromatic carbocycles. The molecule has 0 aliphatic carbocycles. The van der Waals surface area contributed by atoms with Gasteiger partial charge in [-0.25, -0.2) is 0 Å². The molecule has 0 aromatic rings. The highest BCUT2D eigenvalue weighted by atomic mass is 16.6. The Balaban J connectivity index is 2.42. The fourth-order valence-electron chi connectivity index (χ4n) is 1.36. The zero-order valence-electron chi connectivity index (χ0n) is 8.09. The average Bonchev–Trinajstić information content (AvgIpc) is 2.66. The van der Waals surface area contributed by atoms with Gasteiger partial charge in [0, 0.05) is 6.42 Å². The first-order valence-electron chi connectivity index (χ1n) is 4.47. The maximum Gasteiger partial charge on any atom is 0.223 e. The lowest BCUT2D eigenvalue weighted by atomic mass is 9.94. The second kappa shape index (κ2) is 3.15. The summed E-state index contributed by atoms with van der Waals surface area (Å²) >= 11 is 0. The van der Waals surface area contributed by atoms with Crippen molar-refractivity contribution >= 4 is 5.78 Å². The van der Waals surface area contributed by atoms with Gasteiger partial charge in [-0.1, -0.05) is 13.8 Å². The molecule has 70 valence electrons. The van der Waals surface area contributed by atoms with Gasteiger partial charge in [0.1, 0.15) is 6.04 Å². The maximum absolute atomic E-state index is 11.6. The number of rotatable bonds is 4. The molecule has 0 saturated carbocycles. The fourth-order valence-corrected chi connectivity index (χ4v) is 1.36. The van der Waals surface area contributed by atoms with Gasteiger partial charge in [0.25, 0.3) is 0 Å². The Morgan fingerprint density at radius 3 is 2.50 bits per heavy atom. The van der Waals surface area contributed by atoms with Gasteiger partial charge in [-0.3, -0.25) is 4.79 Å². The molecule has 1 aliphatic heterocycles. The Bertz CT molecular complexity index is 185. The first-order chi connectivity index (χ1) is 5.46. The van der Waals surface area contributed by atoms with Crippen LogP contribution in [-0.4, -0.2) is 24.0 Å². The van der Waals surface area contributed by atoms with Gasteiger partial charge in [0.15, 0.2) is 5.60 Å². The van der Waals surface area contributed by atoms with E-state index in [0.717, 1.165) is 6.42 Å². The van der Waals surface area contributed by atoms with E-state index < -0.39 is 5.60 Å². The summed E-state index contributed by atoms with van der Waals surface area (Å²) in [6.07, 6.45) is 0.859. The molecule has 0 bridgehead atoms. The molecular formula is C9H18NO2+. The van der Waals surface area contributed by atoms with E-state index in [1.165, 1.54) is 0 Å². The number of hydrogen-bond donors (Lipinski definition) is 1. The Hall–Kier alpha value is -0.410. The van der Waals surface area contributed by atoms with Crippen LogP contribution in [0.3, 0.4) is 0 Å². The highest BCUT2D eigenvalue weighted by Crippen LogP contribution is 2.28. The molecule has 1 fully saturated rings. The third-order valence-electron chi connectivity index (χ3n) is 2.23. The van der Waals surface area contributed by atoms with Crippen LogP contribution >= 0.6 is 0 Å². The van der Waals surface area contributed by atoms with E-state index in [1.807, 2.05) is 6.92 Å². The molecule has 0 radical (unpaired) electrons. The number of Topliss-reactive ketones (excluding diaryl/α,β-unsaturated/α-hetero) is 1. The highest BCUT2D eigenvalue weighted by Gasteiger charge is 2.50. The number of ether oxygens (including phenoxy) is 1. The van der Waals surface area contributed by atoms with Crippen LogP contribution in [0.4, 0.5) is 0 Å². The van der Waals surface area contributed by atoms with E-state index in [1.54, 1.807) is 0 Å². The molecule has 2 atom stereocenters. The van der Waals surface area contributed by atoms with Crippen LogP contribution in [0.15, 0.2) is 0 Å². The van der Waals surface area contributed by atoms with Crippen molar-refractivity contribution in [2.24, 2.45) is 5.92 Å². The summed E-state index contributed by atoms with van der Waals surface area (Å²) in [4.78, 5) is 11.6. The van der Waals surface area contributed by atoms with E-state index in [4.69, 9.17) is 4.74 Å². The Labute approximate surface area is 73.3 Å². The SMILES string of the molecule is CC(C)C[C@H]([NH3+])C(=O)[C@@]1(C)CO1. The summed E-state index contributed by atoms with van der Waals surface area (Å²) in [6.45, 7) is 6.62. The Kier molecular flexibility index (Phi) is 2.54. The van der Waals surface area contributed by atoms with Crippen LogP contribution in [0.25, 0.3) is 0 Å². The largest absolute Gasteiger partial charge is 0.361 e. The van der Waals surface area contributed by atoms with E-state index >= 15 is 0 Å². The topological polar surface area (TPSA) is 57.2 Å². The Morgan fingerprint density at radius 2 is 2.17 bits per heavy atom. The van der Waals surface area contributed by atoms with Crippen molar-refractivity contribution in [2.75, 3.05) is 6.61 Å². The second-order valence-electron chi connectivity index (χ2n) is 4.21. The third-order valence-corrected chi connectivity index (χ3v) is 2.23. The summed E-state index contributed by atoms with van der Waals surface area (Å²) < 4.78 is 5.07. The first kappa shape index (κ1) is 9.68. The van der Waals surface area contributed by atoms with Crippen LogP contribution in [0.1, 0.15) is 27.2 Å². The van der Waals surface area contributed by atoms with Gasteiger partial charge in [-0.05, 0) is 12.8 Å². The predicted molar refractivity (Wildman–Crippen MR) is 45.5 cm³/mol. The van der Waals surface area contributed by atoms with E-state index in [2.05, 4.69) is 19.6 Å². The molecule has 1 saturated heterocycles. The van der Waals surface area contributed by atoms with E-state index in [-0.39, 0.29) is 11.8 Å². The van der Waals surface area contributed by atoms with Gasteiger partial charge in [-0.15, -0.1) is 0 Å². The number of quaternary nitrogens is 1. The number of ketones is 1. The summed E-state index contributed by atoms with van der Waals surface area (Å²) in [5.41, 5.74) is 3.37. The quantitative estimate of drug-likeness (QED) is 0.607. The second-order valence-corrected chi connectivity index (χ2v) is 4.21. The van der Waals surface area contributed by atoms with Crippen molar-refractivity contribution in [3.8, 4) is 0 Å². The Morgan fingerprint density at radius 1 is 1.67 bits per heavy atom. The average molecular weight is 172 g/mol. The number of carbonyl (C=O) groups excluding carboxylic acids is 1. The molecule has 3 N–H and O–H groups in total. The highest BCUT2D eigenvalue weighted by molar-refractivity contribution is 5.92. The van der Waals surface area contributed by atoms with Crippen molar-refractivity contribution in [1.82, 2.24) is 0 Å². The normalized spacial score (nSPS) is 30.4. The van der Waals surface area contributed by atoms with Gasteiger partial charge < -0.3 is 10.5 Å². The fraction of sp³-hybridized carbons (Fsp3) is 0.889. The number of epoxide rings is 1. The molecule has 3 heteroatoms. The minimum atomic E-state index is -0.485. The molecule has 3 nitrogen and oxygen atoms in total. The lowest BCUT2D eigenvalue weighted by Crippen LogP contribution is -2.67. The van der Waals surface area contributed by atoms with E-state index in [0.29, 0.717) is 12.5 Å². The molecule has 1 heterocycles. The molecule has 0 unspecified atom stereocenters. The first-order valence-corrected chi connectivity index (χ1v) is 4.47. The third kappa shape index (κ3) is 2.05. The zero-order valence-corrected chi connectivity index (χ0v) is 8.09. The van der Waals surface area contributed by atoms with Crippen LogP contribution in [0.2, 0.25) is 0 Å². The maximum atomic E-state index is 11.6. The molecule has 1 rings (SSSR count). The van der Waals surface area contributed by atoms with E-state index in [9.17, 15) is 4.79 Å². The molecule has 0 aromatic heterocycles. The lowest BCUT2D eigenvalue weighted by molar-refractivity contribution is -0.406. The summed E-state index contributed by atoms with van der Waals surface area (Å²) in [5, 5.41) is 0.